The molecule has 3 fully saturated rings. The number of hydrogen-bond acceptors (Lipinski definition) is 1. The number of rotatable bonds is 35. The molecule has 0 N–H and O–H groups in total. The highest BCUT2D eigenvalue weighted by atomic mass is 16.5. The van der Waals surface area contributed by atoms with Crippen LogP contribution in [-0.4, -0.2) is 12.7 Å². The quantitative estimate of drug-likeness (QED) is 0.0458. The fourth-order valence-electron chi connectivity index (χ4n) is 13.8. The predicted octanol–water partition coefficient (Wildman–Crippen LogP) is 19.4. The van der Waals surface area contributed by atoms with E-state index in [0.717, 1.165) is 42.1 Å². The second kappa shape index (κ2) is 29.1. The van der Waals surface area contributed by atoms with Crippen molar-refractivity contribution in [3.63, 3.8) is 0 Å². The number of ether oxygens (including phenoxy) is 1. The largest absolute Gasteiger partial charge is 0.378 e. The van der Waals surface area contributed by atoms with Gasteiger partial charge in [0.05, 0.1) is 6.10 Å². The molecule has 0 aromatic heterocycles. The Hall–Kier alpha value is -0.300. The molecule has 0 aliphatic heterocycles. The van der Waals surface area contributed by atoms with Gasteiger partial charge in [0.25, 0.3) is 0 Å². The highest BCUT2D eigenvalue weighted by Crippen LogP contribution is 2.67. The maximum Gasteiger partial charge on any atom is 0.0612 e. The highest BCUT2D eigenvalue weighted by molar-refractivity contribution is 5.25. The van der Waals surface area contributed by atoms with Crippen molar-refractivity contribution < 1.29 is 4.74 Å². The Morgan fingerprint density at radius 3 is 1.50 bits per heavy atom. The van der Waals surface area contributed by atoms with Crippen LogP contribution in [0.3, 0.4) is 0 Å². The molecule has 3 saturated carbocycles. The molecule has 0 heterocycles. The first-order valence-corrected chi connectivity index (χ1v) is 27.6. The van der Waals surface area contributed by atoms with Crippen LogP contribution in [0.5, 0.6) is 0 Å². The lowest BCUT2D eigenvalue weighted by Gasteiger charge is -2.58. The molecular formula is C57H106O. The minimum Gasteiger partial charge on any atom is -0.378 e. The number of allylic oxidation sites excluding steroid dienone is 1. The van der Waals surface area contributed by atoms with Crippen molar-refractivity contribution >= 4 is 0 Å². The fourth-order valence-corrected chi connectivity index (χ4v) is 13.8. The van der Waals surface area contributed by atoms with Gasteiger partial charge < -0.3 is 4.74 Å². The summed E-state index contributed by atoms with van der Waals surface area (Å²) >= 11 is 0. The molecule has 8 atom stereocenters. The van der Waals surface area contributed by atoms with Gasteiger partial charge in [-0.3, -0.25) is 0 Å². The average Bonchev–Trinajstić information content (AvgIpc) is 3.57. The summed E-state index contributed by atoms with van der Waals surface area (Å²) in [7, 11) is 0. The van der Waals surface area contributed by atoms with E-state index in [-0.39, 0.29) is 0 Å². The molecule has 0 radical (unpaired) electrons. The van der Waals surface area contributed by atoms with E-state index in [9.17, 15) is 0 Å². The Bertz CT molecular complexity index is 1040. The van der Waals surface area contributed by atoms with Crippen molar-refractivity contribution in [2.45, 2.75) is 298 Å². The molecule has 0 aromatic rings. The van der Waals surface area contributed by atoms with Gasteiger partial charge in [0.1, 0.15) is 0 Å². The van der Waals surface area contributed by atoms with Gasteiger partial charge in [-0.1, -0.05) is 246 Å². The molecule has 1 nitrogen and oxygen atoms in total. The van der Waals surface area contributed by atoms with Crippen LogP contribution in [0.1, 0.15) is 292 Å². The number of fused-ring (bicyclic) bond motifs is 5. The smallest absolute Gasteiger partial charge is 0.0612 e. The SMILES string of the molecule is CCCCCCCCCCCCCCCCCCCCCCCCCCCCCCO[C@H]1CC[C@@]2(C)C(=CC[C@H]3[C@@H]4CC[C@H]([C@H](C)CCCC(C)C)[C@@]4(C)CC[C@@H]32)C1. The van der Waals surface area contributed by atoms with Gasteiger partial charge in [-0.05, 0) is 104 Å². The molecule has 0 spiro atoms. The topological polar surface area (TPSA) is 9.23 Å². The van der Waals surface area contributed by atoms with Crippen LogP contribution in [0.4, 0.5) is 0 Å². The average molecular weight is 807 g/mol. The third-order valence-corrected chi connectivity index (χ3v) is 17.6. The molecule has 0 aromatic carbocycles. The standard InChI is InChI=1S/C57H106O/c1-7-8-9-10-11-12-13-14-15-16-17-18-19-20-21-22-23-24-25-26-27-28-29-30-31-32-33-34-46-58-51-42-44-56(5)50(47-51)38-39-52-54-41-40-53(49(4)37-35-36-48(2)3)57(54,6)45-43-55(52)56/h38,48-49,51-55H,7-37,39-47H2,1-6H3/t49-,51+,52+,53-,54+,55+,56+,57-/m1/s1. The monoisotopic (exact) mass is 807 g/mol. The van der Waals surface area contributed by atoms with Gasteiger partial charge in [-0.2, -0.15) is 0 Å². The van der Waals surface area contributed by atoms with E-state index in [4.69, 9.17) is 4.74 Å². The minimum absolute atomic E-state index is 0.455. The lowest BCUT2D eigenvalue weighted by molar-refractivity contribution is -0.0641. The summed E-state index contributed by atoms with van der Waals surface area (Å²) in [6, 6.07) is 0. The van der Waals surface area contributed by atoms with Crippen molar-refractivity contribution in [1.29, 1.82) is 0 Å². The molecule has 340 valence electrons. The van der Waals surface area contributed by atoms with E-state index in [1.165, 1.54) is 250 Å². The normalized spacial score (nSPS) is 28.7. The molecule has 0 unspecified atom stereocenters. The van der Waals surface area contributed by atoms with Gasteiger partial charge in [0.2, 0.25) is 0 Å². The first kappa shape index (κ1) is 50.3. The third kappa shape index (κ3) is 17.1. The van der Waals surface area contributed by atoms with Crippen molar-refractivity contribution in [3.05, 3.63) is 11.6 Å². The first-order chi connectivity index (χ1) is 28.3. The van der Waals surface area contributed by atoms with Crippen molar-refractivity contribution in [2.24, 2.45) is 46.3 Å². The Labute approximate surface area is 366 Å². The summed E-state index contributed by atoms with van der Waals surface area (Å²) in [5.41, 5.74) is 2.86. The van der Waals surface area contributed by atoms with E-state index in [1.54, 1.807) is 5.57 Å². The Balaban J connectivity index is 0.909. The molecule has 0 amide bonds. The second-order valence-electron chi connectivity index (χ2n) is 22.6. The molecule has 58 heavy (non-hydrogen) atoms. The van der Waals surface area contributed by atoms with Crippen molar-refractivity contribution in [3.8, 4) is 0 Å². The van der Waals surface area contributed by atoms with Crippen molar-refractivity contribution in [2.75, 3.05) is 6.61 Å². The van der Waals surface area contributed by atoms with Crippen molar-refractivity contribution in [1.82, 2.24) is 0 Å². The van der Waals surface area contributed by atoms with Gasteiger partial charge in [0.15, 0.2) is 0 Å². The highest BCUT2D eigenvalue weighted by Gasteiger charge is 2.59. The van der Waals surface area contributed by atoms with E-state index in [1.807, 2.05) is 0 Å². The van der Waals surface area contributed by atoms with Crippen LogP contribution in [0.25, 0.3) is 0 Å². The molecule has 4 rings (SSSR count). The molecule has 0 bridgehead atoms. The summed E-state index contributed by atoms with van der Waals surface area (Å²) in [6.45, 7) is 16.2. The maximum absolute atomic E-state index is 6.60. The van der Waals surface area contributed by atoms with Crippen LogP contribution in [0, 0.1) is 46.3 Å². The molecule has 4 aliphatic carbocycles. The predicted molar refractivity (Wildman–Crippen MR) is 258 cm³/mol. The maximum atomic E-state index is 6.60. The summed E-state index contributed by atoms with van der Waals surface area (Å²) in [5, 5.41) is 0. The zero-order valence-electron chi connectivity index (χ0n) is 40.8. The van der Waals surface area contributed by atoms with Crippen LogP contribution in [0.2, 0.25) is 0 Å². The lowest BCUT2D eigenvalue weighted by atomic mass is 9.47. The lowest BCUT2D eigenvalue weighted by Crippen LogP contribution is -2.51. The third-order valence-electron chi connectivity index (χ3n) is 17.6. The van der Waals surface area contributed by atoms with Gasteiger partial charge in [-0.15, -0.1) is 0 Å². The molecule has 1 heteroatoms. The summed E-state index contributed by atoms with van der Waals surface area (Å²) < 4.78 is 6.60. The fraction of sp³-hybridized carbons (Fsp3) is 0.965. The minimum atomic E-state index is 0.455. The Kier molecular flexibility index (Phi) is 25.3. The zero-order valence-corrected chi connectivity index (χ0v) is 40.8. The summed E-state index contributed by atoms with van der Waals surface area (Å²) in [4.78, 5) is 0. The van der Waals surface area contributed by atoms with E-state index in [2.05, 4.69) is 47.6 Å². The first-order valence-electron chi connectivity index (χ1n) is 27.6. The Morgan fingerprint density at radius 2 is 1.02 bits per heavy atom. The number of hydrogen-bond donors (Lipinski definition) is 0. The Morgan fingerprint density at radius 1 is 0.534 bits per heavy atom. The van der Waals surface area contributed by atoms with Crippen LogP contribution in [-0.2, 0) is 4.74 Å². The molecular weight excluding hydrogens is 701 g/mol. The number of unbranched alkanes of at least 4 members (excludes halogenated alkanes) is 27. The van der Waals surface area contributed by atoms with E-state index >= 15 is 0 Å². The molecule has 4 aliphatic rings. The van der Waals surface area contributed by atoms with Crippen LogP contribution < -0.4 is 0 Å². The van der Waals surface area contributed by atoms with E-state index < -0.39 is 0 Å². The summed E-state index contributed by atoms with van der Waals surface area (Å²) in [6.07, 6.45) is 59.8. The van der Waals surface area contributed by atoms with Crippen LogP contribution in [0.15, 0.2) is 11.6 Å². The zero-order chi connectivity index (χ0) is 41.3. The second-order valence-corrected chi connectivity index (χ2v) is 22.6. The van der Waals surface area contributed by atoms with E-state index in [0.29, 0.717) is 16.9 Å². The van der Waals surface area contributed by atoms with Gasteiger partial charge in [0, 0.05) is 6.61 Å². The molecule has 0 saturated heterocycles. The van der Waals surface area contributed by atoms with Gasteiger partial charge in [-0.25, -0.2) is 0 Å². The van der Waals surface area contributed by atoms with Crippen LogP contribution >= 0.6 is 0 Å². The van der Waals surface area contributed by atoms with Gasteiger partial charge >= 0.3 is 0 Å². The summed E-state index contributed by atoms with van der Waals surface area (Å²) in [5.74, 6) is 5.59.